The Morgan fingerprint density at radius 3 is 2.54 bits per heavy atom. The number of nitrogens with zero attached hydrogens (tertiary/aromatic N) is 4. The Morgan fingerprint density at radius 1 is 1.00 bits per heavy atom. The number of hydrogen-bond donors (Lipinski definition) is 0. The van der Waals surface area contributed by atoms with Crippen LogP contribution in [0.25, 0.3) is 33.7 Å². The number of aromatic nitrogens is 4. The monoisotopic (exact) mass is 390 g/mol. The molecule has 0 fully saturated rings. The molecule has 0 amide bonds. The summed E-state index contributed by atoms with van der Waals surface area (Å²) in [5.41, 5.74) is 1.30. The molecule has 0 N–H and O–H groups in total. The molecule has 0 saturated carbocycles. The Balaban J connectivity index is 1.52. The van der Waals surface area contributed by atoms with E-state index in [1.54, 1.807) is 54.9 Å². The summed E-state index contributed by atoms with van der Waals surface area (Å²) in [6.45, 7) is 0. The molecule has 0 aliphatic rings. The molecule has 8 heteroatoms. The van der Waals surface area contributed by atoms with E-state index < -0.39 is 0 Å². The van der Waals surface area contributed by atoms with Gasteiger partial charge in [0, 0.05) is 29.6 Å². The maximum atomic E-state index is 13.1. The number of fused-ring (bicyclic) bond motifs is 1. The predicted octanol–water partition coefficient (Wildman–Crippen LogP) is 3.16. The fourth-order valence-electron chi connectivity index (χ4n) is 2.79. The molecule has 5 aromatic rings. The van der Waals surface area contributed by atoms with Crippen molar-refractivity contribution < 1.29 is 8.81 Å². The average molecular weight is 390 g/mol. The van der Waals surface area contributed by atoms with E-state index in [1.165, 1.54) is 28.0 Å². The van der Waals surface area contributed by atoms with Crippen molar-refractivity contribution in [3.05, 3.63) is 87.4 Å². The van der Waals surface area contributed by atoms with E-state index in [-0.39, 0.29) is 11.4 Å². The van der Waals surface area contributed by atoms with E-state index in [9.17, 15) is 9.18 Å². The molecule has 0 saturated heterocycles. The summed E-state index contributed by atoms with van der Waals surface area (Å²) in [5.74, 6) is 1.29. The molecule has 0 radical (unpaired) electrons. The normalized spacial score (nSPS) is 12.1. The van der Waals surface area contributed by atoms with Gasteiger partial charge < -0.3 is 4.42 Å². The maximum Gasteiger partial charge on any atom is 0.291 e. The van der Waals surface area contributed by atoms with Gasteiger partial charge in [0.15, 0.2) is 5.82 Å². The van der Waals surface area contributed by atoms with Gasteiger partial charge in [-0.2, -0.15) is 9.50 Å². The van der Waals surface area contributed by atoms with Gasteiger partial charge in [0.1, 0.15) is 21.9 Å². The van der Waals surface area contributed by atoms with E-state index in [4.69, 9.17) is 4.42 Å². The number of rotatable bonds is 3. The van der Waals surface area contributed by atoms with E-state index in [0.717, 1.165) is 11.1 Å². The van der Waals surface area contributed by atoms with Crippen molar-refractivity contribution in [3.63, 3.8) is 0 Å². The zero-order valence-corrected chi connectivity index (χ0v) is 15.1. The Hall–Kier alpha value is -3.65. The summed E-state index contributed by atoms with van der Waals surface area (Å²) >= 11 is 1.24. The second kappa shape index (κ2) is 6.50. The van der Waals surface area contributed by atoms with Crippen molar-refractivity contribution in [3.8, 4) is 22.7 Å². The van der Waals surface area contributed by atoms with Gasteiger partial charge in [-0.3, -0.25) is 9.78 Å². The van der Waals surface area contributed by atoms with Gasteiger partial charge in [0.05, 0.1) is 0 Å². The van der Waals surface area contributed by atoms with Crippen molar-refractivity contribution in [2.45, 2.75) is 0 Å². The van der Waals surface area contributed by atoms with Gasteiger partial charge in [-0.05, 0) is 48.5 Å². The van der Waals surface area contributed by atoms with Crippen LogP contribution in [0.15, 0.2) is 70.1 Å². The Labute approximate surface area is 161 Å². The van der Waals surface area contributed by atoms with Crippen molar-refractivity contribution in [1.29, 1.82) is 0 Å². The molecular formula is C20H11FN4O2S. The molecule has 0 atom stereocenters. The molecule has 0 unspecified atom stereocenters. The highest BCUT2D eigenvalue weighted by Crippen LogP contribution is 2.23. The molecule has 28 heavy (non-hydrogen) atoms. The van der Waals surface area contributed by atoms with Crippen LogP contribution in [0.1, 0.15) is 5.76 Å². The standard InChI is InChI=1S/C20H11FN4O2S/c21-14-3-1-12(2-4-14)16-6-5-15(27-16)11-17-19(26)25-20(28-17)23-18(24-25)13-7-9-22-10-8-13/h1-11H/b17-11-. The molecule has 6 nitrogen and oxygen atoms in total. The van der Waals surface area contributed by atoms with Crippen LogP contribution in [0.2, 0.25) is 0 Å². The third-order valence-corrected chi connectivity index (χ3v) is 5.11. The molecule has 4 aromatic heterocycles. The highest BCUT2D eigenvalue weighted by atomic mass is 32.1. The largest absolute Gasteiger partial charge is 0.457 e. The fraction of sp³-hybridized carbons (Fsp3) is 0. The quantitative estimate of drug-likeness (QED) is 0.473. The van der Waals surface area contributed by atoms with Gasteiger partial charge in [-0.15, -0.1) is 5.10 Å². The van der Waals surface area contributed by atoms with E-state index in [0.29, 0.717) is 26.8 Å². The van der Waals surface area contributed by atoms with Crippen molar-refractivity contribution in [2.75, 3.05) is 0 Å². The molecule has 4 heterocycles. The second-order valence-electron chi connectivity index (χ2n) is 5.99. The molecule has 0 spiro atoms. The summed E-state index contributed by atoms with van der Waals surface area (Å²) < 4.78 is 20.6. The zero-order valence-electron chi connectivity index (χ0n) is 14.2. The summed E-state index contributed by atoms with van der Waals surface area (Å²) in [6, 6.07) is 13.1. The summed E-state index contributed by atoms with van der Waals surface area (Å²) in [6.07, 6.45) is 4.96. The third kappa shape index (κ3) is 2.89. The molecule has 1 aromatic carbocycles. The number of benzene rings is 1. The lowest BCUT2D eigenvalue weighted by Crippen LogP contribution is -2.23. The third-order valence-electron chi connectivity index (χ3n) is 4.15. The van der Waals surface area contributed by atoms with Crippen molar-refractivity contribution in [2.24, 2.45) is 0 Å². The Morgan fingerprint density at radius 2 is 1.79 bits per heavy atom. The summed E-state index contributed by atoms with van der Waals surface area (Å²) in [4.78, 5) is 21.5. The molecule has 5 rings (SSSR count). The van der Waals surface area contributed by atoms with E-state index in [2.05, 4.69) is 15.1 Å². The van der Waals surface area contributed by atoms with Crippen LogP contribution in [0.3, 0.4) is 0 Å². The molecule has 136 valence electrons. The second-order valence-corrected chi connectivity index (χ2v) is 7.00. The van der Waals surface area contributed by atoms with Crippen LogP contribution >= 0.6 is 11.3 Å². The molecule has 0 aliphatic carbocycles. The number of halogens is 1. The van der Waals surface area contributed by atoms with Gasteiger partial charge in [-0.1, -0.05) is 11.3 Å². The van der Waals surface area contributed by atoms with Crippen LogP contribution in [0.5, 0.6) is 0 Å². The maximum absolute atomic E-state index is 13.1. The minimum absolute atomic E-state index is 0.257. The van der Waals surface area contributed by atoms with Crippen LogP contribution in [0.4, 0.5) is 4.39 Å². The van der Waals surface area contributed by atoms with Crippen LogP contribution in [-0.2, 0) is 0 Å². The predicted molar refractivity (Wildman–Crippen MR) is 103 cm³/mol. The number of hydrogen-bond acceptors (Lipinski definition) is 6. The van der Waals surface area contributed by atoms with Crippen LogP contribution in [0, 0.1) is 5.82 Å². The smallest absolute Gasteiger partial charge is 0.291 e. The van der Waals surface area contributed by atoms with Gasteiger partial charge in [-0.25, -0.2) is 4.39 Å². The zero-order chi connectivity index (χ0) is 19.1. The Kier molecular flexibility index (Phi) is 3.84. The molecule has 0 aliphatic heterocycles. The average Bonchev–Trinajstić information content (AvgIpc) is 3.41. The SMILES string of the molecule is O=c1/c(=C/c2ccc(-c3ccc(F)cc3)o2)sc2nc(-c3ccncc3)nn12. The fourth-order valence-corrected chi connectivity index (χ4v) is 3.67. The lowest BCUT2D eigenvalue weighted by Gasteiger charge is -1.95. The summed E-state index contributed by atoms with van der Waals surface area (Å²) in [5, 5.41) is 4.30. The van der Waals surface area contributed by atoms with Crippen molar-refractivity contribution in [1.82, 2.24) is 19.6 Å². The van der Waals surface area contributed by atoms with E-state index >= 15 is 0 Å². The Bertz CT molecular complexity index is 1390. The number of pyridine rings is 1. The van der Waals surface area contributed by atoms with Crippen molar-refractivity contribution >= 4 is 22.4 Å². The van der Waals surface area contributed by atoms with E-state index in [1.807, 2.05) is 0 Å². The summed E-state index contributed by atoms with van der Waals surface area (Å²) in [7, 11) is 0. The first-order valence-electron chi connectivity index (χ1n) is 8.35. The minimum atomic E-state index is -0.307. The highest BCUT2D eigenvalue weighted by Gasteiger charge is 2.12. The molecular weight excluding hydrogens is 379 g/mol. The lowest BCUT2D eigenvalue weighted by molar-refractivity contribution is 0.571. The molecule has 0 bridgehead atoms. The minimum Gasteiger partial charge on any atom is -0.457 e. The highest BCUT2D eigenvalue weighted by molar-refractivity contribution is 7.15. The topological polar surface area (TPSA) is 73.3 Å². The number of furan rings is 1. The number of thiazole rings is 1. The van der Waals surface area contributed by atoms with Gasteiger partial charge in [0.25, 0.3) is 5.56 Å². The van der Waals surface area contributed by atoms with Crippen LogP contribution < -0.4 is 10.1 Å². The van der Waals surface area contributed by atoms with Crippen LogP contribution in [-0.4, -0.2) is 19.6 Å². The van der Waals surface area contributed by atoms with Gasteiger partial charge in [0.2, 0.25) is 4.96 Å². The first kappa shape index (κ1) is 16.5. The first-order valence-corrected chi connectivity index (χ1v) is 9.16. The lowest BCUT2D eigenvalue weighted by atomic mass is 10.2. The van der Waals surface area contributed by atoms with Gasteiger partial charge >= 0.3 is 0 Å². The first-order chi connectivity index (χ1) is 13.7.